The van der Waals surface area contributed by atoms with Crippen LogP contribution in [0.5, 0.6) is 11.5 Å². The minimum atomic E-state index is -1.07. The number of methoxy groups -OCH3 is 1. The van der Waals surface area contributed by atoms with Gasteiger partial charge in [-0.1, -0.05) is 32.1 Å². The van der Waals surface area contributed by atoms with Crippen molar-refractivity contribution in [2.75, 3.05) is 13.7 Å². The Hall–Kier alpha value is -2.50. The summed E-state index contributed by atoms with van der Waals surface area (Å²) < 4.78 is 10.7. The number of nitrogens with one attached hydrogen (secondary N) is 1. The molecule has 0 aliphatic rings. The summed E-state index contributed by atoms with van der Waals surface area (Å²) in [5.74, 6) is -0.849. The molecule has 1 rings (SSSR count). The summed E-state index contributed by atoms with van der Waals surface area (Å²) in [5.41, 5.74) is 0.951. The molecule has 1 amide bonds. The molecule has 1 aromatic rings. The van der Waals surface area contributed by atoms with Crippen molar-refractivity contribution in [2.45, 2.75) is 26.8 Å². The van der Waals surface area contributed by atoms with E-state index in [-0.39, 0.29) is 12.5 Å². The zero-order valence-electron chi connectivity index (χ0n) is 13.8. The van der Waals surface area contributed by atoms with Crippen LogP contribution in [-0.4, -0.2) is 36.7 Å². The normalized spacial score (nSPS) is 12.2. The van der Waals surface area contributed by atoms with E-state index in [9.17, 15) is 9.59 Å². The zero-order valence-corrected chi connectivity index (χ0v) is 13.8. The molecular weight excluding hydrogens is 298 g/mol. The van der Waals surface area contributed by atoms with Gasteiger partial charge in [-0.15, -0.1) is 0 Å². The summed E-state index contributed by atoms with van der Waals surface area (Å²) in [6, 6.07) is 4.40. The zero-order chi connectivity index (χ0) is 17.4. The molecule has 0 saturated carbocycles. The molecule has 0 aliphatic carbocycles. The fourth-order valence-electron chi connectivity index (χ4n) is 1.97. The fourth-order valence-corrected chi connectivity index (χ4v) is 1.97. The number of carbonyl (C=O) groups is 2. The van der Waals surface area contributed by atoms with Crippen LogP contribution in [-0.2, 0) is 9.59 Å². The lowest BCUT2D eigenvalue weighted by molar-refractivity contribution is -0.143. The highest BCUT2D eigenvalue weighted by molar-refractivity contribution is 5.84. The monoisotopic (exact) mass is 321 g/mol. The molecule has 2 N–H and O–H groups in total. The molecular formula is C17H23NO5. The highest BCUT2D eigenvalue weighted by Gasteiger charge is 2.23. The number of carbonyl (C=O) groups excluding carboxylic acids is 1. The maximum Gasteiger partial charge on any atom is 0.326 e. The van der Waals surface area contributed by atoms with Crippen LogP contribution >= 0.6 is 0 Å². The molecule has 126 valence electrons. The van der Waals surface area contributed by atoms with Crippen LogP contribution in [0.2, 0.25) is 0 Å². The molecule has 1 aromatic carbocycles. The predicted octanol–water partition coefficient (Wildman–Crippen LogP) is 2.33. The number of carboxylic acid groups (broad SMARTS) is 1. The highest BCUT2D eigenvalue weighted by Crippen LogP contribution is 2.28. The molecule has 6 nitrogen and oxygen atoms in total. The molecule has 0 heterocycles. The average Bonchev–Trinajstić information content (AvgIpc) is 2.50. The van der Waals surface area contributed by atoms with Gasteiger partial charge in [-0.25, -0.2) is 4.79 Å². The van der Waals surface area contributed by atoms with Crippen molar-refractivity contribution in [3.63, 3.8) is 0 Å². The smallest absolute Gasteiger partial charge is 0.326 e. The van der Waals surface area contributed by atoms with E-state index in [4.69, 9.17) is 14.6 Å². The van der Waals surface area contributed by atoms with E-state index in [1.165, 1.54) is 7.11 Å². The van der Waals surface area contributed by atoms with Gasteiger partial charge in [0, 0.05) is 0 Å². The lowest BCUT2D eigenvalue weighted by atomic mass is 10.1. The first-order chi connectivity index (χ1) is 10.9. The number of amides is 1. The maximum absolute atomic E-state index is 11.9. The number of hydrogen-bond donors (Lipinski definition) is 2. The van der Waals surface area contributed by atoms with E-state index < -0.39 is 17.9 Å². The second-order valence-corrected chi connectivity index (χ2v) is 5.33. The highest BCUT2D eigenvalue weighted by atomic mass is 16.5. The number of ether oxygens (including phenoxy) is 2. The summed E-state index contributed by atoms with van der Waals surface area (Å²) >= 11 is 0. The molecule has 1 atom stereocenters. The second-order valence-electron chi connectivity index (χ2n) is 5.33. The van der Waals surface area contributed by atoms with Crippen molar-refractivity contribution < 1.29 is 24.2 Å². The van der Waals surface area contributed by atoms with Gasteiger partial charge in [0.1, 0.15) is 6.04 Å². The average molecular weight is 321 g/mol. The van der Waals surface area contributed by atoms with Crippen molar-refractivity contribution >= 4 is 18.0 Å². The van der Waals surface area contributed by atoms with Crippen molar-refractivity contribution in [3.8, 4) is 11.5 Å². The second kappa shape index (κ2) is 8.82. The Morgan fingerprint density at radius 1 is 1.30 bits per heavy atom. The number of aliphatic carboxylic acids is 1. The van der Waals surface area contributed by atoms with E-state index in [0.29, 0.717) is 11.5 Å². The van der Waals surface area contributed by atoms with E-state index in [1.807, 2.05) is 25.1 Å². The largest absolute Gasteiger partial charge is 0.493 e. The molecule has 0 unspecified atom stereocenters. The lowest BCUT2D eigenvalue weighted by Crippen LogP contribution is -2.46. The van der Waals surface area contributed by atoms with Gasteiger partial charge in [0.2, 0.25) is 0 Å². The SMILES string of the molecule is C/C=C/c1ccc(OCC(=O)N[C@@H](C(=O)O)C(C)C)c(OC)c1. The van der Waals surface area contributed by atoms with Crippen LogP contribution in [0.15, 0.2) is 24.3 Å². The number of allylic oxidation sites excluding steroid dienone is 1. The Morgan fingerprint density at radius 2 is 2.00 bits per heavy atom. The number of carboxylic acids is 1. The van der Waals surface area contributed by atoms with E-state index in [2.05, 4.69) is 5.32 Å². The fraction of sp³-hybridized carbons (Fsp3) is 0.412. The minimum Gasteiger partial charge on any atom is -0.493 e. The summed E-state index contributed by atoms with van der Waals surface area (Å²) in [4.78, 5) is 22.9. The molecule has 23 heavy (non-hydrogen) atoms. The molecule has 0 radical (unpaired) electrons. The number of benzene rings is 1. The van der Waals surface area contributed by atoms with Crippen LogP contribution in [0.1, 0.15) is 26.3 Å². The van der Waals surface area contributed by atoms with Gasteiger partial charge in [0.25, 0.3) is 5.91 Å². The Bertz CT molecular complexity index is 580. The lowest BCUT2D eigenvalue weighted by Gasteiger charge is -2.18. The van der Waals surface area contributed by atoms with E-state index >= 15 is 0 Å². The third kappa shape index (κ3) is 5.65. The van der Waals surface area contributed by atoms with Crippen molar-refractivity contribution in [3.05, 3.63) is 29.8 Å². The van der Waals surface area contributed by atoms with E-state index in [1.54, 1.807) is 26.0 Å². The van der Waals surface area contributed by atoms with Crippen molar-refractivity contribution in [1.82, 2.24) is 5.32 Å². The van der Waals surface area contributed by atoms with Gasteiger partial charge >= 0.3 is 5.97 Å². The summed E-state index contributed by atoms with van der Waals surface area (Å²) in [5, 5.41) is 11.5. The van der Waals surface area contributed by atoms with Crippen LogP contribution in [0, 0.1) is 5.92 Å². The topological polar surface area (TPSA) is 84.9 Å². The maximum atomic E-state index is 11.9. The van der Waals surface area contributed by atoms with Crippen molar-refractivity contribution in [2.24, 2.45) is 5.92 Å². The van der Waals surface area contributed by atoms with Crippen LogP contribution in [0.25, 0.3) is 6.08 Å². The molecule has 0 bridgehead atoms. The molecule has 0 saturated heterocycles. The first-order valence-electron chi connectivity index (χ1n) is 7.34. The Kier molecular flexibility index (Phi) is 7.12. The first kappa shape index (κ1) is 18.5. The molecule has 0 aromatic heterocycles. The quantitative estimate of drug-likeness (QED) is 0.767. The molecule has 0 spiro atoms. The van der Waals surface area contributed by atoms with Gasteiger partial charge in [0.15, 0.2) is 18.1 Å². The van der Waals surface area contributed by atoms with Crippen LogP contribution < -0.4 is 14.8 Å². The van der Waals surface area contributed by atoms with Gasteiger partial charge in [-0.3, -0.25) is 4.79 Å². The number of rotatable bonds is 8. The predicted molar refractivity (Wildman–Crippen MR) is 87.6 cm³/mol. The van der Waals surface area contributed by atoms with Gasteiger partial charge in [0.05, 0.1) is 7.11 Å². The first-order valence-corrected chi connectivity index (χ1v) is 7.34. The molecule has 0 fully saturated rings. The molecule has 6 heteroatoms. The summed E-state index contributed by atoms with van der Waals surface area (Å²) in [6.07, 6.45) is 3.82. The summed E-state index contributed by atoms with van der Waals surface area (Å²) in [6.45, 7) is 5.08. The van der Waals surface area contributed by atoms with Gasteiger partial charge in [-0.2, -0.15) is 0 Å². The third-order valence-electron chi connectivity index (χ3n) is 3.15. The van der Waals surface area contributed by atoms with Gasteiger partial charge < -0.3 is 19.9 Å². The summed E-state index contributed by atoms with van der Waals surface area (Å²) in [7, 11) is 1.51. The minimum absolute atomic E-state index is 0.217. The number of hydrogen-bond acceptors (Lipinski definition) is 4. The van der Waals surface area contributed by atoms with E-state index in [0.717, 1.165) is 5.56 Å². The third-order valence-corrected chi connectivity index (χ3v) is 3.15. The Morgan fingerprint density at radius 3 is 2.52 bits per heavy atom. The standard InChI is InChI=1S/C17H23NO5/c1-5-6-12-7-8-13(14(9-12)22-4)23-10-15(19)18-16(11(2)3)17(20)21/h5-9,11,16H,10H2,1-4H3,(H,18,19)(H,20,21)/b6-5+/t16-/m1/s1. The van der Waals surface area contributed by atoms with Crippen LogP contribution in [0.3, 0.4) is 0 Å². The van der Waals surface area contributed by atoms with Gasteiger partial charge in [-0.05, 0) is 30.5 Å². The van der Waals surface area contributed by atoms with Crippen LogP contribution in [0.4, 0.5) is 0 Å². The molecule has 0 aliphatic heterocycles. The Labute approximate surface area is 136 Å². The van der Waals surface area contributed by atoms with Crippen molar-refractivity contribution in [1.29, 1.82) is 0 Å². The Balaban J connectivity index is 2.70.